The molecule has 0 spiro atoms. The zero-order valence-electron chi connectivity index (χ0n) is 5.65. The van der Waals surface area contributed by atoms with Crippen LogP contribution in [0.2, 0.25) is 0 Å². The molecule has 1 nitrogen and oxygen atoms in total. The van der Waals surface area contributed by atoms with Crippen molar-refractivity contribution in [2.24, 2.45) is 5.92 Å². The van der Waals surface area contributed by atoms with Gasteiger partial charge in [0.15, 0.2) is 0 Å². The number of nitrogens with zero attached hydrogens (tertiary/aromatic N) is 1. The van der Waals surface area contributed by atoms with Crippen molar-refractivity contribution in [2.75, 3.05) is 20.1 Å². The van der Waals surface area contributed by atoms with Crippen molar-refractivity contribution < 1.29 is 0 Å². The van der Waals surface area contributed by atoms with Crippen LogP contribution in [0.4, 0.5) is 0 Å². The van der Waals surface area contributed by atoms with Gasteiger partial charge in [0, 0.05) is 19.0 Å². The number of hydrogen-bond donors (Lipinski definition) is 0. The van der Waals surface area contributed by atoms with Crippen molar-refractivity contribution in [1.29, 1.82) is 0 Å². The minimum absolute atomic E-state index is 0.792. The van der Waals surface area contributed by atoms with E-state index in [0.717, 1.165) is 5.92 Å². The molecular formula is C7H13N. The molecular weight excluding hydrogens is 98.1 g/mol. The normalized spacial score (nSPS) is 22.8. The Bertz CT molecular complexity index is 101. The van der Waals surface area contributed by atoms with E-state index in [1.807, 2.05) is 0 Å². The summed E-state index contributed by atoms with van der Waals surface area (Å²) in [5, 5.41) is 0. The third-order valence-electron chi connectivity index (χ3n) is 1.76. The SMILES string of the molecule is C=C(C)C1CN(C)C1. The molecule has 1 aliphatic rings. The molecule has 46 valence electrons. The first-order chi connectivity index (χ1) is 3.70. The van der Waals surface area contributed by atoms with Crippen LogP contribution < -0.4 is 0 Å². The van der Waals surface area contributed by atoms with Crippen LogP contribution in [0, 0.1) is 5.92 Å². The Morgan fingerprint density at radius 1 is 1.62 bits per heavy atom. The molecule has 0 amide bonds. The first-order valence-electron chi connectivity index (χ1n) is 3.04. The highest BCUT2D eigenvalue weighted by Crippen LogP contribution is 2.18. The van der Waals surface area contributed by atoms with E-state index in [1.165, 1.54) is 18.7 Å². The van der Waals surface area contributed by atoms with Gasteiger partial charge in [0.2, 0.25) is 0 Å². The minimum atomic E-state index is 0.792. The van der Waals surface area contributed by atoms with Crippen LogP contribution in [-0.4, -0.2) is 25.0 Å². The maximum atomic E-state index is 3.88. The van der Waals surface area contributed by atoms with E-state index in [9.17, 15) is 0 Å². The third kappa shape index (κ3) is 0.920. The fourth-order valence-electron chi connectivity index (χ4n) is 1.01. The van der Waals surface area contributed by atoms with E-state index in [2.05, 4.69) is 25.5 Å². The molecule has 0 aromatic heterocycles. The average Bonchev–Trinajstić information content (AvgIpc) is 1.57. The van der Waals surface area contributed by atoms with Crippen LogP contribution in [0.1, 0.15) is 6.92 Å². The molecule has 0 aromatic rings. The Morgan fingerprint density at radius 2 is 2.12 bits per heavy atom. The van der Waals surface area contributed by atoms with E-state index in [4.69, 9.17) is 0 Å². The van der Waals surface area contributed by atoms with Gasteiger partial charge in [-0.3, -0.25) is 0 Å². The molecule has 0 bridgehead atoms. The molecule has 0 unspecified atom stereocenters. The van der Waals surface area contributed by atoms with Crippen LogP contribution in [0.25, 0.3) is 0 Å². The lowest BCUT2D eigenvalue weighted by molar-refractivity contribution is 0.162. The summed E-state index contributed by atoms with van der Waals surface area (Å²) in [5.41, 5.74) is 1.34. The van der Waals surface area contributed by atoms with Gasteiger partial charge in [-0.05, 0) is 14.0 Å². The fraction of sp³-hybridized carbons (Fsp3) is 0.714. The van der Waals surface area contributed by atoms with Gasteiger partial charge in [0.05, 0.1) is 0 Å². The summed E-state index contributed by atoms with van der Waals surface area (Å²) in [6, 6.07) is 0. The van der Waals surface area contributed by atoms with Crippen molar-refractivity contribution in [3.05, 3.63) is 12.2 Å². The molecule has 1 aliphatic heterocycles. The highest BCUT2D eigenvalue weighted by molar-refractivity contribution is 5.02. The van der Waals surface area contributed by atoms with Gasteiger partial charge in [0.25, 0.3) is 0 Å². The third-order valence-corrected chi connectivity index (χ3v) is 1.76. The molecule has 0 radical (unpaired) electrons. The van der Waals surface area contributed by atoms with E-state index < -0.39 is 0 Å². The molecule has 0 aromatic carbocycles. The number of likely N-dealkylation sites (tertiary alicyclic amines) is 1. The van der Waals surface area contributed by atoms with Crippen molar-refractivity contribution in [3.8, 4) is 0 Å². The average molecular weight is 111 g/mol. The molecule has 1 heterocycles. The van der Waals surface area contributed by atoms with Crippen molar-refractivity contribution >= 4 is 0 Å². The van der Waals surface area contributed by atoms with Crippen molar-refractivity contribution in [3.63, 3.8) is 0 Å². The predicted octanol–water partition coefficient (Wildman–Crippen LogP) is 1.12. The lowest BCUT2D eigenvalue weighted by atomic mass is 9.94. The summed E-state index contributed by atoms with van der Waals surface area (Å²) in [6.07, 6.45) is 0. The van der Waals surface area contributed by atoms with Gasteiger partial charge in [-0.2, -0.15) is 0 Å². The maximum Gasteiger partial charge on any atom is 0.00563 e. The standard InChI is InChI=1S/C7H13N/c1-6(2)7-4-8(3)5-7/h7H,1,4-5H2,2-3H3. The second-order valence-electron chi connectivity index (χ2n) is 2.76. The molecule has 1 saturated heterocycles. The summed E-state index contributed by atoms with van der Waals surface area (Å²) in [5.74, 6) is 0.792. The van der Waals surface area contributed by atoms with Crippen molar-refractivity contribution in [1.82, 2.24) is 4.90 Å². The molecule has 0 N–H and O–H groups in total. The Labute approximate surface area is 51.0 Å². The van der Waals surface area contributed by atoms with Gasteiger partial charge >= 0.3 is 0 Å². The van der Waals surface area contributed by atoms with Gasteiger partial charge in [0.1, 0.15) is 0 Å². The zero-order valence-corrected chi connectivity index (χ0v) is 5.65. The molecule has 0 aliphatic carbocycles. The van der Waals surface area contributed by atoms with E-state index in [-0.39, 0.29) is 0 Å². The number of rotatable bonds is 1. The lowest BCUT2D eigenvalue weighted by Crippen LogP contribution is -2.43. The fourth-order valence-corrected chi connectivity index (χ4v) is 1.01. The van der Waals surface area contributed by atoms with Gasteiger partial charge in [-0.15, -0.1) is 0 Å². The monoisotopic (exact) mass is 111 g/mol. The summed E-state index contributed by atoms with van der Waals surface area (Å²) >= 11 is 0. The second kappa shape index (κ2) is 1.90. The molecule has 1 heteroatoms. The van der Waals surface area contributed by atoms with Crippen molar-refractivity contribution in [2.45, 2.75) is 6.92 Å². The van der Waals surface area contributed by atoms with Crippen LogP contribution in [0.5, 0.6) is 0 Å². The van der Waals surface area contributed by atoms with Gasteiger partial charge in [-0.1, -0.05) is 12.2 Å². The Hall–Kier alpha value is -0.300. The lowest BCUT2D eigenvalue weighted by Gasteiger charge is -2.36. The predicted molar refractivity (Wildman–Crippen MR) is 35.8 cm³/mol. The maximum absolute atomic E-state index is 3.88. The van der Waals surface area contributed by atoms with E-state index in [0.29, 0.717) is 0 Å². The highest BCUT2D eigenvalue weighted by Gasteiger charge is 2.22. The first kappa shape index (κ1) is 5.83. The summed E-state index contributed by atoms with van der Waals surface area (Å²) in [4.78, 5) is 2.30. The molecule has 8 heavy (non-hydrogen) atoms. The summed E-state index contributed by atoms with van der Waals surface area (Å²) in [7, 11) is 2.14. The highest BCUT2D eigenvalue weighted by atomic mass is 15.2. The molecule has 0 saturated carbocycles. The summed E-state index contributed by atoms with van der Waals surface area (Å²) < 4.78 is 0. The quantitative estimate of drug-likeness (QED) is 0.458. The number of hydrogen-bond acceptors (Lipinski definition) is 1. The zero-order chi connectivity index (χ0) is 6.15. The van der Waals surface area contributed by atoms with Crippen LogP contribution >= 0.6 is 0 Å². The molecule has 1 rings (SSSR count). The van der Waals surface area contributed by atoms with Crippen LogP contribution in [0.15, 0.2) is 12.2 Å². The first-order valence-corrected chi connectivity index (χ1v) is 3.04. The van der Waals surface area contributed by atoms with E-state index >= 15 is 0 Å². The Kier molecular flexibility index (Phi) is 1.39. The minimum Gasteiger partial charge on any atom is -0.305 e. The van der Waals surface area contributed by atoms with Crippen LogP contribution in [0.3, 0.4) is 0 Å². The van der Waals surface area contributed by atoms with Gasteiger partial charge < -0.3 is 4.90 Å². The molecule has 1 fully saturated rings. The smallest absolute Gasteiger partial charge is 0.00563 e. The molecule has 0 atom stereocenters. The van der Waals surface area contributed by atoms with Crippen LogP contribution in [-0.2, 0) is 0 Å². The largest absolute Gasteiger partial charge is 0.305 e. The summed E-state index contributed by atoms with van der Waals surface area (Å²) in [6.45, 7) is 8.43. The van der Waals surface area contributed by atoms with Gasteiger partial charge in [-0.25, -0.2) is 0 Å². The Morgan fingerprint density at radius 3 is 2.25 bits per heavy atom. The Balaban J connectivity index is 2.25. The second-order valence-corrected chi connectivity index (χ2v) is 2.76. The van der Waals surface area contributed by atoms with E-state index in [1.54, 1.807) is 0 Å². The topological polar surface area (TPSA) is 3.24 Å².